The van der Waals surface area contributed by atoms with Crippen molar-refractivity contribution in [2.75, 3.05) is 0 Å². The molecule has 1 aromatic heterocycles. The molecule has 1 rings (SSSR count). The normalized spacial score (nSPS) is 12.6. The van der Waals surface area contributed by atoms with Gasteiger partial charge in [-0.1, -0.05) is 6.07 Å². The number of hydrogen-bond acceptors (Lipinski definition) is 3. The van der Waals surface area contributed by atoms with Crippen molar-refractivity contribution in [3.63, 3.8) is 0 Å². The number of ether oxygens (including phenoxy) is 1. The van der Waals surface area contributed by atoms with E-state index >= 15 is 0 Å². The predicted octanol–water partition coefficient (Wildman–Crippen LogP) is 1.67. The molecule has 0 N–H and O–H groups in total. The third-order valence-corrected chi connectivity index (χ3v) is 2.20. The van der Waals surface area contributed by atoms with Crippen molar-refractivity contribution in [1.82, 2.24) is 4.57 Å². The summed E-state index contributed by atoms with van der Waals surface area (Å²) in [6.45, 7) is 7.09. The molecule has 1 unspecified atom stereocenters. The van der Waals surface area contributed by atoms with Gasteiger partial charge in [0.2, 0.25) is 0 Å². The third kappa shape index (κ3) is 2.95. The second kappa shape index (κ2) is 4.96. The van der Waals surface area contributed by atoms with Crippen molar-refractivity contribution in [3.05, 3.63) is 34.2 Å². The minimum atomic E-state index is -0.588. The summed E-state index contributed by atoms with van der Waals surface area (Å²) < 4.78 is 6.45. The first-order valence-corrected chi connectivity index (χ1v) is 5.31. The smallest absolute Gasteiger partial charge is 0.329 e. The Morgan fingerprint density at radius 2 is 1.94 bits per heavy atom. The molecule has 4 heteroatoms. The van der Waals surface area contributed by atoms with Gasteiger partial charge in [-0.3, -0.25) is 4.79 Å². The second-order valence-electron chi connectivity index (χ2n) is 4.11. The molecule has 0 radical (unpaired) electrons. The predicted molar refractivity (Wildman–Crippen MR) is 61.4 cm³/mol. The van der Waals surface area contributed by atoms with Crippen LogP contribution in [0.4, 0.5) is 0 Å². The Bertz CT molecular complexity index is 434. The van der Waals surface area contributed by atoms with Crippen LogP contribution in [0.3, 0.4) is 0 Å². The summed E-state index contributed by atoms with van der Waals surface area (Å²) >= 11 is 0. The molecule has 0 bridgehead atoms. The van der Waals surface area contributed by atoms with E-state index in [-0.39, 0.29) is 17.6 Å². The summed E-state index contributed by atoms with van der Waals surface area (Å²) in [7, 11) is 0. The largest absolute Gasteiger partial charge is 0.461 e. The summed E-state index contributed by atoms with van der Waals surface area (Å²) in [5.74, 6) is -0.386. The molecule has 0 aliphatic heterocycles. The van der Waals surface area contributed by atoms with Gasteiger partial charge in [0.05, 0.1) is 6.10 Å². The highest BCUT2D eigenvalue weighted by Gasteiger charge is 2.18. The van der Waals surface area contributed by atoms with E-state index in [0.29, 0.717) is 0 Å². The average molecular weight is 223 g/mol. The van der Waals surface area contributed by atoms with Crippen LogP contribution in [0.5, 0.6) is 0 Å². The van der Waals surface area contributed by atoms with Crippen LogP contribution in [0.15, 0.2) is 23.1 Å². The van der Waals surface area contributed by atoms with Gasteiger partial charge in [-0.2, -0.15) is 0 Å². The molecular weight excluding hydrogens is 206 g/mol. The number of nitrogens with zero attached hydrogens (tertiary/aromatic N) is 1. The van der Waals surface area contributed by atoms with Gasteiger partial charge in [0.1, 0.15) is 6.04 Å². The summed E-state index contributed by atoms with van der Waals surface area (Å²) in [5, 5.41) is 0. The highest BCUT2D eigenvalue weighted by Crippen LogP contribution is 2.07. The lowest BCUT2D eigenvalue weighted by atomic mass is 10.2. The molecular formula is C12H17NO3. The molecule has 88 valence electrons. The third-order valence-electron chi connectivity index (χ3n) is 2.20. The van der Waals surface area contributed by atoms with E-state index in [2.05, 4.69) is 0 Å². The number of carbonyl (C=O) groups is 1. The van der Waals surface area contributed by atoms with E-state index in [0.717, 1.165) is 5.56 Å². The summed E-state index contributed by atoms with van der Waals surface area (Å²) in [4.78, 5) is 23.2. The molecule has 0 spiro atoms. The Kier molecular flexibility index (Phi) is 3.88. The number of aromatic nitrogens is 1. The zero-order chi connectivity index (χ0) is 12.3. The molecule has 1 aromatic rings. The molecule has 1 heterocycles. The Morgan fingerprint density at radius 1 is 1.31 bits per heavy atom. The number of pyridine rings is 1. The number of hydrogen-bond donors (Lipinski definition) is 0. The summed E-state index contributed by atoms with van der Waals surface area (Å²) in [5.41, 5.74) is 0.739. The highest BCUT2D eigenvalue weighted by molar-refractivity contribution is 5.73. The van der Waals surface area contributed by atoms with E-state index in [1.54, 1.807) is 33.0 Å². The Hall–Kier alpha value is -1.58. The molecule has 0 saturated carbocycles. The number of carbonyl (C=O) groups excluding carboxylic acids is 1. The molecule has 4 nitrogen and oxygen atoms in total. The lowest BCUT2D eigenvalue weighted by molar-refractivity contribution is -0.151. The standard InChI is InChI=1S/C12H17NO3/c1-8(2)16-12(15)10(4)13-7-9(3)5-6-11(13)14/h5-8,10H,1-4H3. The van der Waals surface area contributed by atoms with Gasteiger partial charge < -0.3 is 9.30 Å². The quantitative estimate of drug-likeness (QED) is 0.732. The minimum absolute atomic E-state index is 0.171. The van der Waals surface area contributed by atoms with Crippen LogP contribution in [-0.2, 0) is 9.53 Å². The van der Waals surface area contributed by atoms with Crippen molar-refractivity contribution in [2.45, 2.75) is 39.8 Å². The Balaban J connectivity index is 2.96. The molecule has 0 saturated heterocycles. The van der Waals surface area contributed by atoms with Crippen LogP contribution < -0.4 is 5.56 Å². The van der Waals surface area contributed by atoms with Gasteiger partial charge in [-0.25, -0.2) is 4.79 Å². The second-order valence-corrected chi connectivity index (χ2v) is 4.11. The molecule has 0 aliphatic carbocycles. The van der Waals surface area contributed by atoms with Crippen LogP contribution in [0.2, 0.25) is 0 Å². The Morgan fingerprint density at radius 3 is 2.50 bits per heavy atom. The van der Waals surface area contributed by atoms with Gasteiger partial charge in [-0.05, 0) is 33.3 Å². The summed E-state index contributed by atoms with van der Waals surface area (Å²) in [6.07, 6.45) is 1.49. The number of esters is 1. The van der Waals surface area contributed by atoms with Gasteiger partial charge in [0.25, 0.3) is 5.56 Å². The van der Waals surface area contributed by atoms with E-state index in [1.165, 1.54) is 10.6 Å². The molecule has 1 atom stereocenters. The van der Waals surface area contributed by atoms with Crippen molar-refractivity contribution < 1.29 is 9.53 Å². The number of rotatable bonds is 3. The van der Waals surface area contributed by atoms with Gasteiger partial charge in [0, 0.05) is 12.3 Å². The van der Waals surface area contributed by atoms with Crippen LogP contribution >= 0.6 is 0 Å². The molecule has 16 heavy (non-hydrogen) atoms. The van der Waals surface area contributed by atoms with Gasteiger partial charge in [-0.15, -0.1) is 0 Å². The van der Waals surface area contributed by atoms with E-state index in [1.807, 2.05) is 6.92 Å². The van der Waals surface area contributed by atoms with Crippen molar-refractivity contribution in [2.24, 2.45) is 0 Å². The fourth-order valence-electron chi connectivity index (χ4n) is 1.36. The van der Waals surface area contributed by atoms with Crippen molar-refractivity contribution in [1.29, 1.82) is 0 Å². The lowest BCUT2D eigenvalue weighted by Crippen LogP contribution is -2.29. The van der Waals surface area contributed by atoms with Crippen LogP contribution in [0, 0.1) is 6.92 Å². The first-order valence-electron chi connectivity index (χ1n) is 5.31. The first-order chi connectivity index (χ1) is 7.41. The van der Waals surface area contributed by atoms with Crippen LogP contribution in [0.1, 0.15) is 32.4 Å². The maximum atomic E-state index is 11.6. The Labute approximate surface area is 94.9 Å². The zero-order valence-corrected chi connectivity index (χ0v) is 10.1. The topological polar surface area (TPSA) is 48.3 Å². The van der Waals surface area contributed by atoms with E-state index in [9.17, 15) is 9.59 Å². The first kappa shape index (κ1) is 12.5. The van der Waals surface area contributed by atoms with Gasteiger partial charge >= 0.3 is 5.97 Å². The monoisotopic (exact) mass is 223 g/mol. The fraction of sp³-hybridized carbons (Fsp3) is 0.500. The van der Waals surface area contributed by atoms with E-state index in [4.69, 9.17) is 4.74 Å². The van der Waals surface area contributed by atoms with E-state index < -0.39 is 6.04 Å². The zero-order valence-electron chi connectivity index (χ0n) is 10.1. The van der Waals surface area contributed by atoms with Crippen LogP contribution in [0.25, 0.3) is 0 Å². The SMILES string of the molecule is Cc1ccc(=O)n(C(C)C(=O)OC(C)C)c1. The fourth-order valence-corrected chi connectivity index (χ4v) is 1.36. The number of aryl methyl sites for hydroxylation is 1. The molecule has 0 fully saturated rings. The molecule has 0 aromatic carbocycles. The lowest BCUT2D eigenvalue weighted by Gasteiger charge is -2.16. The average Bonchev–Trinajstić information content (AvgIpc) is 2.19. The minimum Gasteiger partial charge on any atom is -0.461 e. The van der Waals surface area contributed by atoms with Crippen molar-refractivity contribution in [3.8, 4) is 0 Å². The van der Waals surface area contributed by atoms with Crippen molar-refractivity contribution >= 4 is 5.97 Å². The summed E-state index contributed by atoms with van der Waals surface area (Å²) in [6, 6.07) is 2.59. The maximum absolute atomic E-state index is 11.6. The molecule has 0 aliphatic rings. The van der Waals surface area contributed by atoms with Crippen LogP contribution in [-0.4, -0.2) is 16.6 Å². The van der Waals surface area contributed by atoms with Gasteiger partial charge in [0.15, 0.2) is 0 Å². The molecule has 0 amide bonds. The maximum Gasteiger partial charge on any atom is 0.329 e. The highest BCUT2D eigenvalue weighted by atomic mass is 16.5.